The van der Waals surface area contributed by atoms with Crippen LogP contribution >= 0.6 is 0 Å². The molecule has 0 aromatic rings. The van der Waals surface area contributed by atoms with Crippen molar-refractivity contribution in [3.63, 3.8) is 0 Å². The standard InChI is InChI=1S/C8H17NO/c1-9(6-7-10)5-4-8-2-3-8/h8,10H,2-7H2,1H3. The Kier molecular flexibility index (Phi) is 3.16. The topological polar surface area (TPSA) is 23.5 Å². The maximum Gasteiger partial charge on any atom is 0.0558 e. The van der Waals surface area contributed by atoms with Crippen molar-refractivity contribution in [3.05, 3.63) is 0 Å². The normalized spacial score (nSPS) is 18.3. The molecule has 0 amide bonds. The molecule has 0 aromatic carbocycles. The van der Waals surface area contributed by atoms with Crippen molar-refractivity contribution >= 4 is 0 Å². The van der Waals surface area contributed by atoms with Crippen LogP contribution in [0.5, 0.6) is 0 Å². The number of likely N-dealkylation sites (N-methyl/N-ethyl adjacent to an activating group) is 1. The Morgan fingerprint density at radius 1 is 1.40 bits per heavy atom. The Balaban J connectivity index is 1.89. The van der Waals surface area contributed by atoms with Gasteiger partial charge in [-0.15, -0.1) is 0 Å². The van der Waals surface area contributed by atoms with Gasteiger partial charge < -0.3 is 10.0 Å². The number of rotatable bonds is 5. The van der Waals surface area contributed by atoms with Crippen LogP contribution in [-0.4, -0.2) is 36.8 Å². The second-order valence-electron chi connectivity index (χ2n) is 3.26. The zero-order chi connectivity index (χ0) is 7.40. The highest BCUT2D eigenvalue weighted by atomic mass is 16.3. The SMILES string of the molecule is CN(CCO)CCC1CC1. The van der Waals surface area contributed by atoms with Gasteiger partial charge >= 0.3 is 0 Å². The van der Waals surface area contributed by atoms with Gasteiger partial charge in [-0.25, -0.2) is 0 Å². The first-order valence-corrected chi connectivity index (χ1v) is 4.12. The number of nitrogens with zero attached hydrogens (tertiary/aromatic N) is 1. The lowest BCUT2D eigenvalue weighted by molar-refractivity contribution is 0.218. The van der Waals surface area contributed by atoms with Crippen molar-refractivity contribution in [2.45, 2.75) is 19.3 Å². The molecule has 1 N–H and O–H groups in total. The van der Waals surface area contributed by atoms with Crippen LogP contribution in [0.4, 0.5) is 0 Å². The van der Waals surface area contributed by atoms with Crippen LogP contribution in [0.25, 0.3) is 0 Å². The highest BCUT2D eigenvalue weighted by Gasteiger charge is 2.20. The Bertz CT molecular complexity index is 91.3. The highest BCUT2D eigenvalue weighted by molar-refractivity contribution is 4.73. The molecule has 10 heavy (non-hydrogen) atoms. The van der Waals surface area contributed by atoms with Crippen LogP contribution in [0.15, 0.2) is 0 Å². The van der Waals surface area contributed by atoms with E-state index in [-0.39, 0.29) is 0 Å². The van der Waals surface area contributed by atoms with Gasteiger partial charge in [-0.2, -0.15) is 0 Å². The molecular formula is C8H17NO. The number of aliphatic hydroxyl groups excluding tert-OH is 1. The summed E-state index contributed by atoms with van der Waals surface area (Å²) in [5, 5.41) is 8.58. The smallest absolute Gasteiger partial charge is 0.0558 e. The van der Waals surface area contributed by atoms with Gasteiger partial charge in [0.2, 0.25) is 0 Å². The summed E-state index contributed by atoms with van der Waals surface area (Å²) in [4.78, 5) is 2.19. The fourth-order valence-electron chi connectivity index (χ4n) is 1.09. The third-order valence-corrected chi connectivity index (χ3v) is 2.10. The Labute approximate surface area is 62.8 Å². The summed E-state index contributed by atoms with van der Waals surface area (Å²) in [6, 6.07) is 0. The quantitative estimate of drug-likeness (QED) is 0.612. The molecule has 1 fully saturated rings. The van der Waals surface area contributed by atoms with Gasteiger partial charge in [-0.3, -0.25) is 0 Å². The van der Waals surface area contributed by atoms with Crippen molar-refractivity contribution in [1.82, 2.24) is 4.90 Å². The molecule has 0 heterocycles. The molecule has 0 atom stereocenters. The molecule has 60 valence electrons. The molecule has 0 aromatic heterocycles. The third-order valence-electron chi connectivity index (χ3n) is 2.10. The van der Waals surface area contributed by atoms with Crippen LogP contribution in [0.2, 0.25) is 0 Å². The van der Waals surface area contributed by atoms with E-state index in [1.54, 1.807) is 0 Å². The van der Waals surface area contributed by atoms with Crippen LogP contribution < -0.4 is 0 Å². The lowest BCUT2D eigenvalue weighted by Crippen LogP contribution is -2.23. The van der Waals surface area contributed by atoms with Gasteiger partial charge in [-0.1, -0.05) is 12.8 Å². The molecule has 1 saturated carbocycles. The minimum atomic E-state index is 0.293. The zero-order valence-electron chi connectivity index (χ0n) is 6.71. The van der Waals surface area contributed by atoms with E-state index in [9.17, 15) is 0 Å². The second kappa shape index (κ2) is 3.94. The average molecular weight is 143 g/mol. The van der Waals surface area contributed by atoms with Crippen LogP contribution in [-0.2, 0) is 0 Å². The van der Waals surface area contributed by atoms with E-state index in [0.717, 1.165) is 19.0 Å². The molecule has 0 aliphatic heterocycles. The van der Waals surface area contributed by atoms with E-state index in [1.807, 2.05) is 0 Å². The predicted octanol–water partition coefficient (Wildman–Crippen LogP) is 0.711. The molecular weight excluding hydrogens is 126 g/mol. The van der Waals surface area contributed by atoms with E-state index >= 15 is 0 Å². The molecule has 2 heteroatoms. The molecule has 0 radical (unpaired) electrons. The first kappa shape index (κ1) is 8.02. The molecule has 1 rings (SSSR count). The summed E-state index contributed by atoms with van der Waals surface area (Å²) in [7, 11) is 2.07. The van der Waals surface area contributed by atoms with E-state index in [0.29, 0.717) is 6.61 Å². The van der Waals surface area contributed by atoms with E-state index in [2.05, 4.69) is 11.9 Å². The highest BCUT2D eigenvalue weighted by Crippen LogP contribution is 2.32. The third kappa shape index (κ3) is 3.18. The minimum absolute atomic E-state index is 0.293. The molecule has 0 unspecified atom stereocenters. The molecule has 1 aliphatic rings. The second-order valence-corrected chi connectivity index (χ2v) is 3.26. The Morgan fingerprint density at radius 2 is 2.10 bits per heavy atom. The van der Waals surface area contributed by atoms with Crippen LogP contribution in [0.1, 0.15) is 19.3 Å². The molecule has 0 saturated heterocycles. The molecule has 0 spiro atoms. The summed E-state index contributed by atoms with van der Waals surface area (Å²) in [5.74, 6) is 1.01. The van der Waals surface area contributed by atoms with Crippen molar-refractivity contribution in [3.8, 4) is 0 Å². The van der Waals surface area contributed by atoms with Gasteiger partial charge in [0.15, 0.2) is 0 Å². The summed E-state index contributed by atoms with van der Waals surface area (Å²) in [6.07, 6.45) is 4.20. The summed E-state index contributed by atoms with van der Waals surface area (Å²) >= 11 is 0. The maximum absolute atomic E-state index is 8.58. The van der Waals surface area contributed by atoms with Crippen molar-refractivity contribution in [2.24, 2.45) is 5.92 Å². The summed E-state index contributed by atoms with van der Waals surface area (Å²) < 4.78 is 0. The zero-order valence-corrected chi connectivity index (χ0v) is 6.71. The van der Waals surface area contributed by atoms with Gasteiger partial charge in [0.25, 0.3) is 0 Å². The van der Waals surface area contributed by atoms with Crippen molar-refractivity contribution in [1.29, 1.82) is 0 Å². The first-order chi connectivity index (χ1) is 4.83. The molecule has 0 bridgehead atoms. The van der Waals surface area contributed by atoms with Gasteiger partial charge in [0.1, 0.15) is 0 Å². The lowest BCUT2D eigenvalue weighted by Gasteiger charge is -2.13. The molecule has 1 aliphatic carbocycles. The van der Waals surface area contributed by atoms with E-state index in [1.165, 1.54) is 19.3 Å². The van der Waals surface area contributed by atoms with E-state index < -0.39 is 0 Å². The lowest BCUT2D eigenvalue weighted by atomic mass is 10.3. The number of aliphatic hydroxyl groups is 1. The van der Waals surface area contributed by atoms with E-state index in [4.69, 9.17) is 5.11 Å². The fourth-order valence-corrected chi connectivity index (χ4v) is 1.09. The van der Waals surface area contributed by atoms with Gasteiger partial charge in [-0.05, 0) is 25.9 Å². The van der Waals surface area contributed by atoms with Crippen molar-refractivity contribution in [2.75, 3.05) is 26.7 Å². The summed E-state index contributed by atoms with van der Waals surface area (Å²) in [5.41, 5.74) is 0. The monoisotopic (exact) mass is 143 g/mol. The van der Waals surface area contributed by atoms with Gasteiger partial charge in [0.05, 0.1) is 6.61 Å². The first-order valence-electron chi connectivity index (χ1n) is 4.12. The fraction of sp³-hybridized carbons (Fsp3) is 1.00. The summed E-state index contributed by atoms with van der Waals surface area (Å²) in [6.45, 7) is 2.28. The van der Waals surface area contributed by atoms with Gasteiger partial charge in [0, 0.05) is 6.54 Å². The maximum atomic E-state index is 8.58. The Hall–Kier alpha value is -0.0800. The molecule has 2 nitrogen and oxygen atoms in total. The number of hydrogen-bond acceptors (Lipinski definition) is 2. The largest absolute Gasteiger partial charge is 0.395 e. The predicted molar refractivity (Wildman–Crippen MR) is 41.9 cm³/mol. The number of hydrogen-bond donors (Lipinski definition) is 1. The Morgan fingerprint density at radius 3 is 2.60 bits per heavy atom. The average Bonchev–Trinajstić information content (AvgIpc) is 2.67. The van der Waals surface area contributed by atoms with Crippen LogP contribution in [0.3, 0.4) is 0 Å². The van der Waals surface area contributed by atoms with Crippen molar-refractivity contribution < 1.29 is 5.11 Å². The minimum Gasteiger partial charge on any atom is -0.395 e. The van der Waals surface area contributed by atoms with Crippen LogP contribution in [0, 0.1) is 5.92 Å².